The molecule has 0 spiro atoms. The van der Waals surface area contributed by atoms with Crippen molar-refractivity contribution < 1.29 is 23.4 Å². The summed E-state index contributed by atoms with van der Waals surface area (Å²) >= 11 is 6.16. The van der Waals surface area contributed by atoms with Crippen LogP contribution in [-0.4, -0.2) is 43.3 Å². The SMILES string of the molecule is CCOc1ccc(C2c3c(oc4ccc(Cl)cc4c3=O)C(=O)N2CCCOC(C)C)cc1OCC. The fourth-order valence-corrected chi connectivity index (χ4v) is 4.53. The third kappa shape index (κ3) is 5.02. The Labute approximate surface area is 209 Å². The Morgan fingerprint density at radius 2 is 1.77 bits per heavy atom. The number of hydrogen-bond acceptors (Lipinski definition) is 6. The number of hydrogen-bond donors (Lipinski definition) is 0. The average molecular weight is 500 g/mol. The third-order valence-electron chi connectivity index (χ3n) is 5.81. The summed E-state index contributed by atoms with van der Waals surface area (Å²) in [5.41, 5.74) is 1.11. The lowest BCUT2D eigenvalue weighted by Crippen LogP contribution is -2.31. The van der Waals surface area contributed by atoms with Gasteiger partial charge in [-0.3, -0.25) is 9.59 Å². The van der Waals surface area contributed by atoms with Gasteiger partial charge in [-0.25, -0.2) is 0 Å². The quantitative estimate of drug-likeness (QED) is 0.338. The summed E-state index contributed by atoms with van der Waals surface area (Å²) in [5, 5.41) is 0.767. The first-order valence-corrected chi connectivity index (χ1v) is 12.3. The molecule has 1 aliphatic rings. The molecule has 0 saturated carbocycles. The van der Waals surface area contributed by atoms with Gasteiger partial charge >= 0.3 is 0 Å². The highest BCUT2D eigenvalue weighted by Gasteiger charge is 2.42. The highest BCUT2D eigenvalue weighted by molar-refractivity contribution is 6.31. The van der Waals surface area contributed by atoms with Crippen molar-refractivity contribution >= 4 is 28.5 Å². The van der Waals surface area contributed by atoms with Crippen LogP contribution in [0, 0.1) is 0 Å². The molecule has 0 saturated heterocycles. The number of fused-ring (bicyclic) bond motifs is 2. The van der Waals surface area contributed by atoms with Crippen LogP contribution in [0.15, 0.2) is 45.6 Å². The van der Waals surface area contributed by atoms with Gasteiger partial charge in [-0.15, -0.1) is 0 Å². The first kappa shape index (κ1) is 25.1. The van der Waals surface area contributed by atoms with Gasteiger partial charge in [0, 0.05) is 18.2 Å². The van der Waals surface area contributed by atoms with E-state index in [2.05, 4.69) is 0 Å². The highest BCUT2D eigenvalue weighted by atomic mass is 35.5. The number of amides is 1. The van der Waals surface area contributed by atoms with Gasteiger partial charge in [0.05, 0.1) is 36.3 Å². The third-order valence-corrected chi connectivity index (χ3v) is 6.04. The van der Waals surface area contributed by atoms with E-state index in [0.717, 1.165) is 5.56 Å². The molecular formula is C27H30ClNO6. The fraction of sp³-hybridized carbons (Fsp3) is 0.407. The first-order chi connectivity index (χ1) is 16.8. The summed E-state index contributed by atoms with van der Waals surface area (Å²) in [4.78, 5) is 28.9. The number of carbonyl (C=O) groups is 1. The minimum absolute atomic E-state index is 0.0615. The van der Waals surface area contributed by atoms with Crippen molar-refractivity contribution in [2.24, 2.45) is 0 Å². The van der Waals surface area contributed by atoms with Gasteiger partial charge in [-0.2, -0.15) is 0 Å². The molecule has 8 heteroatoms. The first-order valence-electron chi connectivity index (χ1n) is 11.9. The van der Waals surface area contributed by atoms with Gasteiger partial charge in [0.1, 0.15) is 5.58 Å². The van der Waals surface area contributed by atoms with Crippen molar-refractivity contribution in [2.45, 2.75) is 46.3 Å². The molecular weight excluding hydrogens is 470 g/mol. The zero-order chi connectivity index (χ0) is 25.1. The predicted octanol–water partition coefficient (Wildman–Crippen LogP) is 5.60. The molecule has 0 fully saturated rings. The Morgan fingerprint density at radius 1 is 1.03 bits per heavy atom. The number of rotatable bonds is 10. The van der Waals surface area contributed by atoms with E-state index in [1.54, 1.807) is 23.1 Å². The molecule has 1 unspecified atom stereocenters. The van der Waals surface area contributed by atoms with E-state index in [4.69, 9.17) is 30.2 Å². The molecule has 0 N–H and O–H groups in total. The Hall–Kier alpha value is -3.03. The van der Waals surface area contributed by atoms with Crippen LogP contribution in [0.3, 0.4) is 0 Å². The van der Waals surface area contributed by atoms with Crippen LogP contribution < -0.4 is 14.9 Å². The van der Waals surface area contributed by atoms with Gasteiger partial charge in [0.15, 0.2) is 16.9 Å². The Balaban J connectivity index is 1.84. The largest absolute Gasteiger partial charge is 0.490 e. The van der Waals surface area contributed by atoms with Crippen LogP contribution in [0.5, 0.6) is 11.5 Å². The van der Waals surface area contributed by atoms with Crippen molar-refractivity contribution in [3.05, 3.63) is 68.5 Å². The van der Waals surface area contributed by atoms with Crippen LogP contribution >= 0.6 is 11.6 Å². The van der Waals surface area contributed by atoms with E-state index < -0.39 is 6.04 Å². The Bertz CT molecular complexity index is 1280. The summed E-state index contributed by atoms with van der Waals surface area (Å²) in [7, 11) is 0. The average Bonchev–Trinajstić information content (AvgIpc) is 3.10. The van der Waals surface area contributed by atoms with Crippen LogP contribution in [0.25, 0.3) is 11.0 Å². The van der Waals surface area contributed by atoms with Crippen LogP contribution in [0.2, 0.25) is 5.02 Å². The molecule has 0 radical (unpaired) electrons. The predicted molar refractivity (Wildman–Crippen MR) is 135 cm³/mol. The van der Waals surface area contributed by atoms with E-state index in [0.29, 0.717) is 65.8 Å². The molecule has 1 aliphatic heterocycles. The maximum Gasteiger partial charge on any atom is 0.290 e. The van der Waals surface area contributed by atoms with Crippen LogP contribution in [0.1, 0.15) is 61.8 Å². The molecule has 2 aromatic carbocycles. The summed E-state index contributed by atoms with van der Waals surface area (Å²) in [6, 6.07) is 9.70. The van der Waals surface area contributed by atoms with Crippen LogP contribution in [-0.2, 0) is 4.74 Å². The van der Waals surface area contributed by atoms with E-state index in [1.165, 1.54) is 0 Å². The minimum Gasteiger partial charge on any atom is -0.490 e. The number of benzene rings is 2. The summed E-state index contributed by atoms with van der Waals surface area (Å²) < 4.78 is 23.2. The standard InChI is InChI=1S/C27H30ClNO6/c1-5-32-21-10-8-17(14-22(21)33-6-2)24-23-25(30)19-15-18(28)9-11-20(19)35-26(23)27(31)29(24)12-7-13-34-16(3)4/h8-11,14-16,24H,5-7,12-13H2,1-4H3. The van der Waals surface area contributed by atoms with E-state index in [1.807, 2.05) is 45.9 Å². The van der Waals surface area contributed by atoms with Crippen LogP contribution in [0.4, 0.5) is 0 Å². The van der Waals surface area contributed by atoms with Gasteiger partial charge in [0.2, 0.25) is 5.76 Å². The lowest BCUT2D eigenvalue weighted by molar-refractivity contribution is 0.0593. The molecule has 4 rings (SSSR count). The summed E-state index contributed by atoms with van der Waals surface area (Å²) in [6.45, 7) is 9.56. The number of nitrogens with zero attached hydrogens (tertiary/aromatic N) is 1. The van der Waals surface area contributed by atoms with Crippen molar-refractivity contribution in [2.75, 3.05) is 26.4 Å². The Kier molecular flexibility index (Phi) is 7.67. The van der Waals surface area contributed by atoms with E-state index in [-0.39, 0.29) is 23.2 Å². The minimum atomic E-state index is -0.633. The highest BCUT2D eigenvalue weighted by Crippen LogP contribution is 2.41. The van der Waals surface area contributed by atoms with Crippen molar-refractivity contribution in [1.82, 2.24) is 4.90 Å². The van der Waals surface area contributed by atoms with Gasteiger partial charge in [-0.1, -0.05) is 17.7 Å². The molecule has 0 bridgehead atoms. The summed E-state index contributed by atoms with van der Waals surface area (Å²) in [5.74, 6) is 0.905. The van der Waals surface area contributed by atoms with Gasteiger partial charge in [-0.05, 0) is 70.0 Å². The second kappa shape index (κ2) is 10.7. The molecule has 7 nitrogen and oxygen atoms in total. The molecule has 186 valence electrons. The Morgan fingerprint density at radius 3 is 2.49 bits per heavy atom. The molecule has 3 aromatic rings. The van der Waals surface area contributed by atoms with Crippen molar-refractivity contribution in [3.63, 3.8) is 0 Å². The van der Waals surface area contributed by atoms with Gasteiger partial charge in [0.25, 0.3) is 5.91 Å². The molecule has 0 aliphatic carbocycles. The fourth-order valence-electron chi connectivity index (χ4n) is 4.36. The maximum absolute atomic E-state index is 13.7. The van der Waals surface area contributed by atoms with Gasteiger partial charge < -0.3 is 23.5 Å². The lowest BCUT2D eigenvalue weighted by Gasteiger charge is -2.26. The zero-order valence-corrected chi connectivity index (χ0v) is 21.2. The molecule has 2 heterocycles. The second-order valence-corrected chi connectivity index (χ2v) is 9.00. The molecule has 1 aromatic heterocycles. The second-order valence-electron chi connectivity index (χ2n) is 8.56. The summed E-state index contributed by atoms with van der Waals surface area (Å²) in [6.07, 6.45) is 0.707. The van der Waals surface area contributed by atoms with E-state index in [9.17, 15) is 9.59 Å². The molecule has 1 amide bonds. The molecule has 35 heavy (non-hydrogen) atoms. The van der Waals surface area contributed by atoms with Crippen molar-refractivity contribution in [1.29, 1.82) is 0 Å². The molecule has 1 atom stereocenters. The normalized spacial score (nSPS) is 15.2. The topological polar surface area (TPSA) is 78.2 Å². The lowest BCUT2D eigenvalue weighted by atomic mass is 9.98. The monoisotopic (exact) mass is 499 g/mol. The van der Waals surface area contributed by atoms with Crippen molar-refractivity contribution in [3.8, 4) is 11.5 Å². The van der Waals surface area contributed by atoms with E-state index >= 15 is 0 Å². The smallest absolute Gasteiger partial charge is 0.290 e. The zero-order valence-electron chi connectivity index (χ0n) is 20.4. The number of halogens is 1. The number of carbonyl (C=O) groups excluding carboxylic acids is 1. The maximum atomic E-state index is 13.7. The number of ether oxygens (including phenoxy) is 3.